The van der Waals surface area contributed by atoms with Gasteiger partial charge in [-0.3, -0.25) is 4.79 Å². The van der Waals surface area contributed by atoms with E-state index in [2.05, 4.69) is 37.5 Å². The first-order valence-electron chi connectivity index (χ1n) is 8.27. The van der Waals surface area contributed by atoms with Gasteiger partial charge in [0.25, 0.3) is 0 Å². The van der Waals surface area contributed by atoms with Crippen molar-refractivity contribution in [2.75, 3.05) is 18.4 Å². The van der Waals surface area contributed by atoms with Crippen molar-refractivity contribution < 1.29 is 4.79 Å². The molecule has 1 atom stereocenters. The molecule has 0 spiro atoms. The molecular weight excluding hydrogens is 328 g/mol. The minimum absolute atomic E-state index is 0. The number of hydrogen-bond acceptors (Lipinski definition) is 3. The molecule has 1 heterocycles. The molecule has 0 bridgehead atoms. The average molecular weight is 357 g/mol. The summed E-state index contributed by atoms with van der Waals surface area (Å²) in [7, 11) is 0. The first-order chi connectivity index (χ1) is 10.6. The maximum absolute atomic E-state index is 12.2. The third-order valence-electron chi connectivity index (χ3n) is 4.23. The van der Waals surface area contributed by atoms with Crippen LogP contribution < -0.4 is 10.6 Å². The lowest BCUT2D eigenvalue weighted by Crippen LogP contribution is -2.15. The number of hydrogen-bond donors (Lipinski definition) is 2. The Bertz CT molecular complexity index is 502. The summed E-state index contributed by atoms with van der Waals surface area (Å²) in [4.78, 5) is 12.2. The van der Waals surface area contributed by atoms with E-state index in [-0.39, 0.29) is 18.3 Å². The minimum Gasteiger partial charge on any atom is -0.326 e. The van der Waals surface area contributed by atoms with Crippen LogP contribution in [-0.2, 0) is 10.5 Å². The van der Waals surface area contributed by atoms with Gasteiger partial charge in [-0.2, -0.15) is 11.8 Å². The lowest BCUT2D eigenvalue weighted by molar-refractivity contribution is -0.116. The molecule has 1 fully saturated rings. The van der Waals surface area contributed by atoms with Crippen LogP contribution in [0.5, 0.6) is 0 Å². The SMILES string of the molecule is Cc1c(CSC(C)C)cccc1NC(=O)CCC1CCNC1.Cl. The van der Waals surface area contributed by atoms with Crippen LogP contribution >= 0.6 is 24.2 Å². The van der Waals surface area contributed by atoms with Crippen molar-refractivity contribution in [2.45, 2.75) is 51.0 Å². The molecule has 0 aromatic heterocycles. The smallest absolute Gasteiger partial charge is 0.224 e. The van der Waals surface area contributed by atoms with Crippen molar-refractivity contribution >= 4 is 35.8 Å². The van der Waals surface area contributed by atoms with Crippen LogP contribution in [0.25, 0.3) is 0 Å². The molecule has 130 valence electrons. The third-order valence-corrected chi connectivity index (χ3v) is 5.38. The van der Waals surface area contributed by atoms with E-state index in [1.165, 1.54) is 17.5 Å². The molecule has 2 N–H and O–H groups in total. The van der Waals surface area contributed by atoms with Crippen LogP contribution in [-0.4, -0.2) is 24.2 Å². The fraction of sp³-hybridized carbons (Fsp3) is 0.611. The largest absolute Gasteiger partial charge is 0.326 e. The molecule has 0 radical (unpaired) electrons. The van der Waals surface area contributed by atoms with Gasteiger partial charge in [-0.15, -0.1) is 12.4 Å². The van der Waals surface area contributed by atoms with Gasteiger partial charge in [0, 0.05) is 17.9 Å². The highest BCUT2D eigenvalue weighted by atomic mass is 35.5. The summed E-state index contributed by atoms with van der Waals surface area (Å²) in [6.45, 7) is 8.69. The second kappa shape index (κ2) is 10.2. The second-order valence-electron chi connectivity index (χ2n) is 6.40. The first-order valence-corrected chi connectivity index (χ1v) is 9.31. The number of thioether (sulfide) groups is 1. The molecule has 1 aliphatic heterocycles. The molecule has 1 aromatic carbocycles. The topological polar surface area (TPSA) is 41.1 Å². The van der Waals surface area contributed by atoms with Gasteiger partial charge in [0.1, 0.15) is 0 Å². The quantitative estimate of drug-likeness (QED) is 0.761. The monoisotopic (exact) mass is 356 g/mol. The third kappa shape index (κ3) is 6.74. The standard InChI is InChI=1S/C18H28N2OS.ClH/c1-13(2)22-12-16-5-4-6-17(14(16)3)20-18(21)8-7-15-9-10-19-11-15;/h4-6,13,15,19H,7-12H2,1-3H3,(H,20,21);1H. The number of carbonyl (C=O) groups is 1. The zero-order chi connectivity index (χ0) is 15.9. The predicted molar refractivity (Wildman–Crippen MR) is 104 cm³/mol. The van der Waals surface area contributed by atoms with E-state index in [4.69, 9.17) is 0 Å². The summed E-state index contributed by atoms with van der Waals surface area (Å²) in [5.41, 5.74) is 3.49. The number of rotatable bonds is 7. The Hall–Kier alpha value is -0.710. The number of amides is 1. The molecule has 1 amide bonds. The molecular formula is C18H29ClN2OS. The normalized spacial score (nSPS) is 17.1. The summed E-state index contributed by atoms with van der Waals surface area (Å²) < 4.78 is 0. The van der Waals surface area contributed by atoms with E-state index < -0.39 is 0 Å². The fourth-order valence-electron chi connectivity index (χ4n) is 2.74. The average Bonchev–Trinajstić information content (AvgIpc) is 2.99. The highest BCUT2D eigenvalue weighted by molar-refractivity contribution is 7.99. The van der Waals surface area contributed by atoms with Gasteiger partial charge >= 0.3 is 0 Å². The molecule has 1 unspecified atom stereocenters. The Morgan fingerprint density at radius 2 is 2.22 bits per heavy atom. The van der Waals surface area contributed by atoms with Crippen LogP contribution in [0.3, 0.4) is 0 Å². The first kappa shape index (κ1) is 20.3. The van der Waals surface area contributed by atoms with Crippen molar-refractivity contribution in [2.24, 2.45) is 5.92 Å². The number of carbonyl (C=O) groups excluding carboxylic acids is 1. The molecule has 1 saturated heterocycles. The number of benzene rings is 1. The predicted octanol–water partition coefficient (Wildman–Crippen LogP) is 4.39. The summed E-state index contributed by atoms with van der Waals surface area (Å²) in [6.07, 6.45) is 2.81. The summed E-state index contributed by atoms with van der Waals surface area (Å²) in [6, 6.07) is 6.21. The fourth-order valence-corrected chi connectivity index (χ4v) is 3.57. The van der Waals surface area contributed by atoms with Crippen molar-refractivity contribution in [1.29, 1.82) is 0 Å². The Labute approximate surface area is 150 Å². The van der Waals surface area contributed by atoms with E-state index in [0.717, 1.165) is 31.0 Å². The van der Waals surface area contributed by atoms with Gasteiger partial charge < -0.3 is 10.6 Å². The van der Waals surface area contributed by atoms with Crippen molar-refractivity contribution in [3.8, 4) is 0 Å². The van der Waals surface area contributed by atoms with Crippen LogP contribution in [0, 0.1) is 12.8 Å². The summed E-state index contributed by atoms with van der Waals surface area (Å²) in [5, 5.41) is 7.07. The van der Waals surface area contributed by atoms with Crippen molar-refractivity contribution in [3.63, 3.8) is 0 Å². The van der Waals surface area contributed by atoms with Crippen LogP contribution in [0.4, 0.5) is 5.69 Å². The molecule has 2 rings (SSSR count). The minimum atomic E-state index is 0. The van der Waals surface area contributed by atoms with Crippen molar-refractivity contribution in [3.05, 3.63) is 29.3 Å². The highest BCUT2D eigenvalue weighted by Gasteiger charge is 2.16. The molecule has 1 aromatic rings. The van der Waals surface area contributed by atoms with Crippen LogP contribution in [0.1, 0.15) is 44.2 Å². The van der Waals surface area contributed by atoms with E-state index in [1.54, 1.807) is 0 Å². The number of nitrogens with one attached hydrogen (secondary N) is 2. The summed E-state index contributed by atoms with van der Waals surface area (Å²) >= 11 is 1.93. The number of halogens is 1. The second-order valence-corrected chi connectivity index (χ2v) is 7.96. The van der Waals surface area contributed by atoms with Gasteiger partial charge in [-0.05, 0) is 61.2 Å². The van der Waals surface area contributed by atoms with Gasteiger partial charge in [-0.25, -0.2) is 0 Å². The molecule has 3 nitrogen and oxygen atoms in total. The van der Waals surface area contributed by atoms with Gasteiger partial charge in [-0.1, -0.05) is 26.0 Å². The Balaban J connectivity index is 0.00000264. The maximum atomic E-state index is 12.2. The zero-order valence-electron chi connectivity index (χ0n) is 14.4. The maximum Gasteiger partial charge on any atom is 0.224 e. The van der Waals surface area contributed by atoms with Crippen LogP contribution in [0.2, 0.25) is 0 Å². The molecule has 5 heteroatoms. The highest BCUT2D eigenvalue weighted by Crippen LogP contribution is 2.25. The van der Waals surface area contributed by atoms with Gasteiger partial charge in [0.05, 0.1) is 0 Å². The van der Waals surface area contributed by atoms with E-state index >= 15 is 0 Å². The lowest BCUT2D eigenvalue weighted by Gasteiger charge is -2.14. The Morgan fingerprint density at radius 1 is 1.43 bits per heavy atom. The summed E-state index contributed by atoms with van der Waals surface area (Å²) in [5.74, 6) is 1.81. The van der Waals surface area contributed by atoms with E-state index in [0.29, 0.717) is 17.6 Å². The Morgan fingerprint density at radius 3 is 2.87 bits per heavy atom. The Kier molecular flexibility index (Phi) is 9.03. The molecule has 1 aliphatic rings. The zero-order valence-corrected chi connectivity index (χ0v) is 16.0. The van der Waals surface area contributed by atoms with Crippen molar-refractivity contribution in [1.82, 2.24) is 5.32 Å². The molecule has 23 heavy (non-hydrogen) atoms. The van der Waals surface area contributed by atoms with E-state index in [1.807, 2.05) is 23.9 Å². The number of anilines is 1. The molecule has 0 saturated carbocycles. The molecule has 0 aliphatic carbocycles. The van der Waals surface area contributed by atoms with Gasteiger partial charge in [0.2, 0.25) is 5.91 Å². The lowest BCUT2D eigenvalue weighted by atomic mass is 10.0. The van der Waals surface area contributed by atoms with Gasteiger partial charge in [0.15, 0.2) is 0 Å². The van der Waals surface area contributed by atoms with Crippen LogP contribution in [0.15, 0.2) is 18.2 Å². The van der Waals surface area contributed by atoms with E-state index in [9.17, 15) is 4.79 Å².